The average Bonchev–Trinajstić information content (AvgIpc) is 1.73. The second-order valence-electron chi connectivity index (χ2n) is 35.4. The zero-order valence-electron chi connectivity index (χ0n) is 73.6. The van der Waals surface area contributed by atoms with Crippen molar-refractivity contribution in [2.45, 2.75) is 0 Å². The summed E-state index contributed by atoms with van der Waals surface area (Å²) in [6.07, 6.45) is 0. The molecule has 0 fully saturated rings. The standard InChI is InChI=1S/2C48H30O.C36H22O/c1-2-13-32(14-3-1)42-30-46-43(37-18-10-11-24-45(37)49-46)29-44(42)48-40-21-8-6-19-38(40)47(39-20-7-9-22-41(39)48)34-27-25-33(26-28-34)36-23-12-16-31-15-4-5-17-35(31)36;1-2-13-33(14-3-1)42-30-46-43(37-16-10-11-21-45(37)49-46)29-44(42)48-40-19-8-6-17-38(40)47(39-18-7-9-20-41(39)48)34-25-22-32(23-26-34)36-27-24-31-12-4-5-15-35(31)28-36;1-2-10-24-21-25(18-17-23(24)9-1)35-28-12-3-5-14-30(28)36(31-15-6-4-13-29(31)35)26-19-20-34-32(22-26)27-11-7-8-16-33(27)37-34/h2*1-30H;1-22H. The van der Waals surface area contributed by atoms with Crippen LogP contribution < -0.4 is 0 Å². The fourth-order valence-corrected chi connectivity index (χ4v) is 21.6. The van der Waals surface area contributed by atoms with Crippen LogP contribution in [0.5, 0.6) is 0 Å². The van der Waals surface area contributed by atoms with Crippen molar-refractivity contribution in [3.63, 3.8) is 0 Å². The fraction of sp³-hybridized carbons (Fsp3) is 0. The van der Waals surface area contributed by atoms with Gasteiger partial charge in [-0.05, 0) is 275 Å². The van der Waals surface area contributed by atoms with Crippen molar-refractivity contribution in [2.24, 2.45) is 0 Å². The van der Waals surface area contributed by atoms with Gasteiger partial charge in [-0.2, -0.15) is 0 Å². The van der Waals surface area contributed by atoms with Gasteiger partial charge in [-0.15, -0.1) is 0 Å². The van der Waals surface area contributed by atoms with Gasteiger partial charge in [0, 0.05) is 32.3 Å². The molecule has 628 valence electrons. The lowest BCUT2D eigenvalue weighted by Crippen LogP contribution is -1.93. The van der Waals surface area contributed by atoms with Gasteiger partial charge >= 0.3 is 0 Å². The van der Waals surface area contributed by atoms with Crippen LogP contribution in [0.1, 0.15) is 0 Å². The monoisotopic (exact) mass is 1710 g/mol. The first-order valence-corrected chi connectivity index (χ1v) is 46.4. The summed E-state index contributed by atoms with van der Waals surface area (Å²) >= 11 is 0. The van der Waals surface area contributed by atoms with Crippen LogP contribution in [0.25, 0.3) is 274 Å². The molecule has 0 atom stereocenters. The molecular weight excluding hydrogens is 1630 g/mol. The highest BCUT2D eigenvalue weighted by atomic mass is 16.3. The highest BCUT2D eigenvalue weighted by molar-refractivity contribution is 6.27. The number of furan rings is 3. The Morgan fingerprint density at radius 1 is 0.0963 bits per heavy atom. The van der Waals surface area contributed by atoms with Crippen LogP contribution in [0.15, 0.2) is 511 Å². The molecule has 0 radical (unpaired) electrons. The van der Waals surface area contributed by atoms with E-state index in [1.165, 1.54) is 197 Å². The predicted molar refractivity (Wildman–Crippen MR) is 573 cm³/mol. The summed E-state index contributed by atoms with van der Waals surface area (Å²) in [6.45, 7) is 0. The Balaban J connectivity index is 0.000000107. The van der Waals surface area contributed by atoms with Crippen LogP contribution in [-0.2, 0) is 0 Å². The molecule has 3 heterocycles. The van der Waals surface area contributed by atoms with Crippen molar-refractivity contribution < 1.29 is 13.3 Å². The molecule has 0 N–H and O–H groups in total. The second-order valence-corrected chi connectivity index (χ2v) is 35.4. The van der Waals surface area contributed by atoms with Crippen LogP contribution in [0.3, 0.4) is 0 Å². The molecule has 0 unspecified atom stereocenters. The molecule has 28 rings (SSSR count). The minimum absolute atomic E-state index is 0.903. The number of hydrogen-bond donors (Lipinski definition) is 0. The van der Waals surface area contributed by atoms with E-state index in [2.05, 4.69) is 473 Å². The molecular formula is C132H82O3. The third-order valence-electron chi connectivity index (χ3n) is 27.8. The van der Waals surface area contributed by atoms with Gasteiger partial charge in [0.05, 0.1) is 0 Å². The molecule has 25 aromatic carbocycles. The maximum atomic E-state index is 6.42. The molecule has 0 amide bonds. The molecule has 0 spiro atoms. The molecule has 28 aromatic rings. The van der Waals surface area contributed by atoms with Gasteiger partial charge in [0.15, 0.2) is 0 Å². The maximum absolute atomic E-state index is 6.42. The van der Waals surface area contributed by atoms with Gasteiger partial charge in [-0.1, -0.05) is 431 Å². The first-order valence-electron chi connectivity index (χ1n) is 46.4. The summed E-state index contributed by atoms with van der Waals surface area (Å²) in [6, 6.07) is 180. The summed E-state index contributed by atoms with van der Waals surface area (Å²) in [5, 5.41) is 29.4. The molecule has 0 saturated heterocycles. The normalized spacial score (nSPS) is 11.7. The van der Waals surface area contributed by atoms with Crippen molar-refractivity contribution in [3.8, 4) is 111 Å². The highest BCUT2D eigenvalue weighted by Crippen LogP contribution is 2.53. The van der Waals surface area contributed by atoms with Crippen molar-refractivity contribution in [1.82, 2.24) is 0 Å². The topological polar surface area (TPSA) is 39.4 Å². The summed E-state index contributed by atoms with van der Waals surface area (Å²) in [7, 11) is 0. The van der Waals surface area contributed by atoms with E-state index in [0.29, 0.717) is 0 Å². The van der Waals surface area contributed by atoms with E-state index in [4.69, 9.17) is 13.3 Å². The van der Waals surface area contributed by atoms with Crippen molar-refractivity contribution in [3.05, 3.63) is 497 Å². The number of benzene rings is 25. The van der Waals surface area contributed by atoms with Crippen molar-refractivity contribution in [2.75, 3.05) is 0 Å². The van der Waals surface area contributed by atoms with E-state index in [1.54, 1.807) is 0 Å². The third kappa shape index (κ3) is 13.5. The minimum Gasteiger partial charge on any atom is -0.456 e. The molecule has 0 bridgehead atoms. The average molecular weight is 1720 g/mol. The maximum Gasteiger partial charge on any atom is 0.136 e. The van der Waals surface area contributed by atoms with Crippen LogP contribution in [0.4, 0.5) is 0 Å². The predicted octanol–water partition coefficient (Wildman–Crippen LogP) is 37.8. The van der Waals surface area contributed by atoms with Crippen LogP contribution >= 0.6 is 0 Å². The molecule has 0 aliphatic carbocycles. The Hall–Kier alpha value is -17.8. The summed E-state index contributed by atoms with van der Waals surface area (Å²) < 4.78 is 19.0. The molecule has 135 heavy (non-hydrogen) atoms. The Kier molecular flexibility index (Phi) is 19.0. The largest absolute Gasteiger partial charge is 0.456 e. The molecule has 0 saturated carbocycles. The van der Waals surface area contributed by atoms with Gasteiger partial charge in [-0.3, -0.25) is 0 Å². The first-order chi connectivity index (χ1) is 67.0. The third-order valence-corrected chi connectivity index (χ3v) is 27.8. The molecule has 3 nitrogen and oxygen atoms in total. The van der Waals surface area contributed by atoms with Gasteiger partial charge in [0.25, 0.3) is 0 Å². The van der Waals surface area contributed by atoms with Crippen LogP contribution in [0.2, 0.25) is 0 Å². The number of rotatable bonds is 10. The Morgan fingerprint density at radius 3 is 0.770 bits per heavy atom. The Morgan fingerprint density at radius 2 is 0.356 bits per heavy atom. The molecule has 0 aliphatic heterocycles. The minimum atomic E-state index is 0.903. The highest BCUT2D eigenvalue weighted by Gasteiger charge is 2.26. The second kappa shape index (κ2) is 32.7. The number of hydrogen-bond acceptors (Lipinski definition) is 3. The van der Waals surface area contributed by atoms with E-state index in [1.807, 2.05) is 24.3 Å². The summed E-state index contributed by atoms with van der Waals surface area (Å²) in [5.74, 6) is 0. The van der Waals surface area contributed by atoms with E-state index in [9.17, 15) is 0 Å². The van der Waals surface area contributed by atoms with Crippen LogP contribution in [-0.4, -0.2) is 0 Å². The van der Waals surface area contributed by atoms with Crippen molar-refractivity contribution in [1.29, 1.82) is 0 Å². The number of fused-ring (bicyclic) bond motifs is 18. The molecule has 0 aliphatic rings. The first kappa shape index (κ1) is 78.3. The number of para-hydroxylation sites is 3. The lowest BCUT2D eigenvalue weighted by Gasteiger charge is -2.20. The lowest BCUT2D eigenvalue weighted by atomic mass is 9.83. The van der Waals surface area contributed by atoms with Crippen molar-refractivity contribution >= 4 is 163 Å². The van der Waals surface area contributed by atoms with Crippen LogP contribution in [0, 0.1) is 0 Å². The Bertz CT molecular complexity index is 9430. The fourth-order valence-electron chi connectivity index (χ4n) is 21.6. The van der Waals surface area contributed by atoms with E-state index in [0.717, 1.165) is 76.9 Å². The molecule has 3 heteroatoms. The SMILES string of the molecule is c1ccc(-c2cc3oc4ccccc4c3cc2-c2c3ccccc3c(-c3ccc(-c4ccc5ccccc5c4)cc3)c3ccccc23)cc1.c1ccc(-c2cc3oc4ccccc4c3cc2-c2c3ccccc3c(-c3ccc(-c4cccc5ccccc45)cc3)c3ccccc23)cc1.c1ccc2cc(-c3c4ccccc4c(-c4ccc5oc6ccccc6c5c4)c4ccccc34)ccc2c1. The zero-order valence-corrected chi connectivity index (χ0v) is 73.6. The summed E-state index contributed by atoms with van der Waals surface area (Å²) in [4.78, 5) is 0. The van der Waals surface area contributed by atoms with Gasteiger partial charge in [0.1, 0.15) is 33.5 Å². The quantitative estimate of drug-likeness (QED) is 0.128. The lowest BCUT2D eigenvalue weighted by molar-refractivity contribution is 0.668. The molecule has 3 aromatic heterocycles. The zero-order chi connectivity index (χ0) is 89.0. The van der Waals surface area contributed by atoms with Gasteiger partial charge in [0.2, 0.25) is 0 Å². The van der Waals surface area contributed by atoms with Gasteiger partial charge < -0.3 is 13.3 Å². The van der Waals surface area contributed by atoms with E-state index in [-0.39, 0.29) is 0 Å². The van der Waals surface area contributed by atoms with E-state index < -0.39 is 0 Å². The Labute approximate surface area is 779 Å². The summed E-state index contributed by atoms with van der Waals surface area (Å²) in [5.41, 5.74) is 29.9. The van der Waals surface area contributed by atoms with Gasteiger partial charge in [-0.25, -0.2) is 0 Å². The smallest absolute Gasteiger partial charge is 0.136 e. The van der Waals surface area contributed by atoms with E-state index >= 15 is 0 Å².